The van der Waals surface area contributed by atoms with Gasteiger partial charge in [-0.2, -0.15) is 0 Å². The number of rotatable bonds is 5. The molecule has 4 heteroatoms. The zero-order valence-corrected chi connectivity index (χ0v) is 15.5. The second-order valence-electron chi connectivity index (χ2n) is 7.16. The van der Waals surface area contributed by atoms with Gasteiger partial charge in [-0.05, 0) is 37.1 Å². The van der Waals surface area contributed by atoms with Crippen molar-refractivity contribution in [2.24, 2.45) is 0 Å². The molecule has 2 heterocycles. The first-order valence-electron chi connectivity index (χ1n) is 9.50. The molecule has 3 aromatic rings. The van der Waals surface area contributed by atoms with Crippen molar-refractivity contribution < 1.29 is 4.79 Å². The van der Waals surface area contributed by atoms with Gasteiger partial charge in [0.1, 0.15) is 5.82 Å². The zero-order valence-electron chi connectivity index (χ0n) is 15.5. The van der Waals surface area contributed by atoms with Gasteiger partial charge in [0, 0.05) is 31.1 Å². The summed E-state index contributed by atoms with van der Waals surface area (Å²) in [7, 11) is 0. The number of fused-ring (bicyclic) bond motifs is 1. The van der Waals surface area contributed by atoms with Gasteiger partial charge in [-0.25, -0.2) is 4.98 Å². The maximum Gasteiger partial charge on any atom is 0.227 e. The highest BCUT2D eigenvalue weighted by molar-refractivity contribution is 5.97. The van der Waals surface area contributed by atoms with Crippen molar-refractivity contribution in [3.05, 3.63) is 59.9 Å². The minimum Gasteiger partial charge on any atom is -0.328 e. The number of benzene rings is 2. The predicted molar refractivity (Wildman–Crippen MR) is 106 cm³/mol. The number of hydrogen-bond donors (Lipinski definition) is 0. The molecule has 1 saturated heterocycles. The Morgan fingerprint density at radius 2 is 1.88 bits per heavy atom. The molecule has 2 aromatic carbocycles. The quantitative estimate of drug-likeness (QED) is 0.673. The maximum absolute atomic E-state index is 12.7. The number of anilines is 1. The Hall–Kier alpha value is -2.62. The normalized spacial score (nSPS) is 17.4. The molecule has 0 spiro atoms. The monoisotopic (exact) mass is 347 g/mol. The van der Waals surface area contributed by atoms with E-state index in [1.807, 2.05) is 29.2 Å². The number of para-hydroxylation sites is 3. The Kier molecular flexibility index (Phi) is 4.49. The Morgan fingerprint density at radius 1 is 1.12 bits per heavy atom. The van der Waals surface area contributed by atoms with E-state index in [4.69, 9.17) is 4.98 Å². The molecule has 1 fully saturated rings. The molecule has 0 aliphatic carbocycles. The fourth-order valence-electron chi connectivity index (χ4n) is 3.94. The lowest BCUT2D eigenvalue weighted by molar-refractivity contribution is -0.117. The van der Waals surface area contributed by atoms with Crippen LogP contribution in [0, 0.1) is 6.92 Å². The largest absolute Gasteiger partial charge is 0.328 e. The van der Waals surface area contributed by atoms with E-state index < -0.39 is 0 Å². The lowest BCUT2D eigenvalue weighted by atomic mass is 10.1. The predicted octanol–water partition coefficient (Wildman–Crippen LogP) is 4.67. The van der Waals surface area contributed by atoms with Crippen LogP contribution in [0.15, 0.2) is 48.5 Å². The fraction of sp³-hybridized carbons (Fsp3) is 0.364. The van der Waals surface area contributed by atoms with Crippen molar-refractivity contribution in [3.8, 4) is 0 Å². The third-order valence-corrected chi connectivity index (χ3v) is 5.32. The minimum absolute atomic E-state index is 0.145. The number of aryl methyl sites for hydroxylation is 2. The van der Waals surface area contributed by atoms with E-state index in [9.17, 15) is 4.79 Å². The van der Waals surface area contributed by atoms with Crippen LogP contribution in [0.2, 0.25) is 0 Å². The van der Waals surface area contributed by atoms with Crippen LogP contribution < -0.4 is 4.90 Å². The fourth-order valence-corrected chi connectivity index (χ4v) is 3.94. The van der Waals surface area contributed by atoms with Crippen LogP contribution >= 0.6 is 0 Å². The average Bonchev–Trinajstić information content (AvgIpc) is 3.21. The number of aromatic nitrogens is 2. The SMILES string of the molecule is CCCCn1c([C@H]2CC(=O)N(c3ccccc3C)C2)nc2ccccc21. The van der Waals surface area contributed by atoms with Crippen LogP contribution in [0.4, 0.5) is 5.69 Å². The molecular formula is C22H25N3O. The smallest absolute Gasteiger partial charge is 0.227 e. The van der Waals surface area contributed by atoms with Crippen LogP contribution in [0.3, 0.4) is 0 Å². The van der Waals surface area contributed by atoms with E-state index in [2.05, 4.69) is 42.7 Å². The van der Waals surface area contributed by atoms with Crippen molar-refractivity contribution in [2.75, 3.05) is 11.4 Å². The summed E-state index contributed by atoms with van der Waals surface area (Å²) < 4.78 is 2.33. The summed E-state index contributed by atoms with van der Waals surface area (Å²) in [6.07, 6.45) is 2.80. The average molecular weight is 347 g/mol. The molecule has 1 aliphatic heterocycles. The third-order valence-electron chi connectivity index (χ3n) is 5.32. The lowest BCUT2D eigenvalue weighted by Crippen LogP contribution is -2.25. The van der Waals surface area contributed by atoms with Crippen LogP contribution in [0.25, 0.3) is 11.0 Å². The van der Waals surface area contributed by atoms with Gasteiger partial charge in [0.05, 0.1) is 11.0 Å². The standard InChI is InChI=1S/C22H25N3O/c1-3-4-13-24-20-12-8-6-10-18(20)23-22(24)17-14-21(26)25(15-17)19-11-7-5-9-16(19)2/h5-12,17H,3-4,13-15H2,1-2H3/t17-/m0/s1. The summed E-state index contributed by atoms with van der Waals surface area (Å²) >= 11 is 0. The van der Waals surface area contributed by atoms with E-state index in [0.29, 0.717) is 13.0 Å². The van der Waals surface area contributed by atoms with Crippen molar-refractivity contribution in [1.82, 2.24) is 9.55 Å². The molecule has 0 radical (unpaired) electrons. The highest BCUT2D eigenvalue weighted by Crippen LogP contribution is 2.34. The first-order valence-corrected chi connectivity index (χ1v) is 9.50. The number of carbonyl (C=O) groups excluding carboxylic acids is 1. The molecular weight excluding hydrogens is 322 g/mol. The molecule has 26 heavy (non-hydrogen) atoms. The van der Waals surface area contributed by atoms with Gasteiger partial charge in [-0.3, -0.25) is 4.79 Å². The number of hydrogen-bond acceptors (Lipinski definition) is 2. The third kappa shape index (κ3) is 2.90. The van der Waals surface area contributed by atoms with E-state index in [0.717, 1.165) is 42.0 Å². The molecule has 4 nitrogen and oxygen atoms in total. The lowest BCUT2D eigenvalue weighted by Gasteiger charge is -2.19. The summed E-state index contributed by atoms with van der Waals surface area (Å²) in [4.78, 5) is 19.6. The van der Waals surface area contributed by atoms with Gasteiger partial charge in [-0.15, -0.1) is 0 Å². The molecule has 1 atom stereocenters. The van der Waals surface area contributed by atoms with Gasteiger partial charge in [0.2, 0.25) is 5.91 Å². The summed E-state index contributed by atoms with van der Waals surface area (Å²) in [5.74, 6) is 1.40. The van der Waals surface area contributed by atoms with Crippen LogP contribution in [-0.2, 0) is 11.3 Å². The highest BCUT2D eigenvalue weighted by Gasteiger charge is 2.35. The number of nitrogens with zero attached hydrogens (tertiary/aromatic N) is 3. The number of unbranched alkanes of at least 4 members (excludes halogenated alkanes) is 1. The molecule has 0 N–H and O–H groups in total. The maximum atomic E-state index is 12.7. The molecule has 134 valence electrons. The van der Waals surface area contributed by atoms with Crippen LogP contribution in [0.5, 0.6) is 0 Å². The Bertz CT molecular complexity index is 943. The van der Waals surface area contributed by atoms with Crippen molar-refractivity contribution in [3.63, 3.8) is 0 Å². The highest BCUT2D eigenvalue weighted by atomic mass is 16.2. The Balaban J connectivity index is 1.70. The van der Waals surface area contributed by atoms with Crippen molar-refractivity contribution in [2.45, 2.75) is 45.6 Å². The zero-order chi connectivity index (χ0) is 18.1. The van der Waals surface area contributed by atoms with E-state index in [1.54, 1.807) is 0 Å². The molecule has 1 amide bonds. The Morgan fingerprint density at radius 3 is 2.69 bits per heavy atom. The van der Waals surface area contributed by atoms with Crippen LogP contribution in [0.1, 0.15) is 43.5 Å². The second kappa shape index (κ2) is 6.94. The van der Waals surface area contributed by atoms with Gasteiger partial charge >= 0.3 is 0 Å². The van der Waals surface area contributed by atoms with E-state index in [1.165, 1.54) is 5.52 Å². The molecule has 1 aromatic heterocycles. The number of carbonyl (C=O) groups is 1. The molecule has 4 rings (SSSR count). The number of imidazole rings is 1. The first-order chi connectivity index (χ1) is 12.7. The van der Waals surface area contributed by atoms with Crippen LogP contribution in [-0.4, -0.2) is 22.0 Å². The Labute approximate surface area is 154 Å². The topological polar surface area (TPSA) is 38.1 Å². The molecule has 1 aliphatic rings. The molecule has 0 saturated carbocycles. The van der Waals surface area contributed by atoms with Gasteiger partial charge in [0.25, 0.3) is 0 Å². The van der Waals surface area contributed by atoms with E-state index in [-0.39, 0.29) is 11.8 Å². The van der Waals surface area contributed by atoms with Gasteiger partial charge in [0.15, 0.2) is 0 Å². The van der Waals surface area contributed by atoms with E-state index >= 15 is 0 Å². The summed E-state index contributed by atoms with van der Waals surface area (Å²) in [6.45, 7) is 5.94. The first kappa shape index (κ1) is 16.8. The summed E-state index contributed by atoms with van der Waals surface area (Å²) in [5, 5.41) is 0. The summed E-state index contributed by atoms with van der Waals surface area (Å²) in [5.41, 5.74) is 4.37. The van der Waals surface area contributed by atoms with Gasteiger partial charge in [-0.1, -0.05) is 43.7 Å². The second-order valence-corrected chi connectivity index (χ2v) is 7.16. The molecule has 0 bridgehead atoms. The number of amides is 1. The summed E-state index contributed by atoms with van der Waals surface area (Å²) in [6, 6.07) is 16.4. The van der Waals surface area contributed by atoms with Gasteiger partial charge < -0.3 is 9.47 Å². The van der Waals surface area contributed by atoms with Crippen molar-refractivity contribution >= 4 is 22.6 Å². The van der Waals surface area contributed by atoms with Crippen molar-refractivity contribution in [1.29, 1.82) is 0 Å². The minimum atomic E-state index is 0.145. The molecule has 0 unspecified atom stereocenters.